The van der Waals surface area contributed by atoms with Crippen LogP contribution in [0.15, 0.2) is 224 Å². The summed E-state index contributed by atoms with van der Waals surface area (Å²) < 4.78 is 0. The van der Waals surface area contributed by atoms with Gasteiger partial charge in [-0.3, -0.25) is 0 Å². The number of hydrogen-bond donors (Lipinski definition) is 0. The SMILES string of the molecule is c1ccc(-c2ccc(N(c3cccc(-c4ccccc4)c3)c3ccccc3-c3cccc4c3-c3ccccc3C43c4ccccc4-c4ccccc43)cc2)cc1. The third kappa shape index (κ3) is 4.81. The molecule has 0 atom stereocenters. The predicted octanol–water partition coefficient (Wildman–Crippen LogP) is 14.5. The maximum atomic E-state index is 2.44. The quantitative estimate of drug-likeness (QED) is 0.166. The molecule has 9 aromatic rings. The van der Waals surface area contributed by atoms with E-state index < -0.39 is 5.41 Å². The topological polar surface area (TPSA) is 3.24 Å². The Morgan fingerprint density at radius 2 is 0.714 bits per heavy atom. The van der Waals surface area contributed by atoms with Crippen LogP contribution in [-0.4, -0.2) is 0 Å². The first-order valence-corrected chi connectivity index (χ1v) is 19.4. The lowest BCUT2D eigenvalue weighted by molar-refractivity contribution is 0.794. The van der Waals surface area contributed by atoms with Gasteiger partial charge in [-0.1, -0.05) is 194 Å². The van der Waals surface area contributed by atoms with Crippen LogP contribution < -0.4 is 4.90 Å². The van der Waals surface area contributed by atoms with Crippen molar-refractivity contribution in [2.45, 2.75) is 5.41 Å². The Labute approximate surface area is 328 Å². The fourth-order valence-corrected chi connectivity index (χ4v) is 9.58. The van der Waals surface area contributed by atoms with Crippen LogP contribution in [0.3, 0.4) is 0 Å². The normalized spacial score (nSPS) is 12.8. The van der Waals surface area contributed by atoms with E-state index in [0.717, 1.165) is 17.1 Å². The van der Waals surface area contributed by atoms with Crippen molar-refractivity contribution in [1.29, 1.82) is 0 Å². The summed E-state index contributed by atoms with van der Waals surface area (Å²) in [6.07, 6.45) is 0. The maximum Gasteiger partial charge on any atom is 0.0725 e. The molecule has 2 aliphatic carbocycles. The highest BCUT2D eigenvalue weighted by atomic mass is 15.1. The molecule has 0 N–H and O–H groups in total. The molecule has 9 aromatic carbocycles. The molecule has 0 fully saturated rings. The van der Waals surface area contributed by atoms with Gasteiger partial charge >= 0.3 is 0 Å². The van der Waals surface area contributed by atoms with E-state index in [1.54, 1.807) is 0 Å². The van der Waals surface area contributed by atoms with Crippen molar-refractivity contribution in [2.75, 3.05) is 4.90 Å². The average molecular weight is 712 g/mol. The summed E-state index contributed by atoms with van der Waals surface area (Å²) in [6, 6.07) is 82.4. The fraction of sp³-hybridized carbons (Fsp3) is 0.0182. The Kier molecular flexibility index (Phi) is 7.47. The molecule has 0 saturated carbocycles. The molecule has 1 nitrogen and oxygen atoms in total. The Balaban J connectivity index is 1.15. The highest BCUT2D eigenvalue weighted by Gasteiger charge is 2.52. The second kappa shape index (κ2) is 13.0. The van der Waals surface area contributed by atoms with Gasteiger partial charge < -0.3 is 4.90 Å². The molecule has 0 unspecified atom stereocenters. The van der Waals surface area contributed by atoms with Crippen LogP contribution in [0.1, 0.15) is 22.3 Å². The Morgan fingerprint density at radius 3 is 1.38 bits per heavy atom. The highest BCUT2D eigenvalue weighted by molar-refractivity contribution is 6.02. The van der Waals surface area contributed by atoms with Gasteiger partial charge in [-0.2, -0.15) is 0 Å². The number of hydrogen-bond acceptors (Lipinski definition) is 1. The van der Waals surface area contributed by atoms with Crippen molar-refractivity contribution in [3.8, 4) is 55.6 Å². The molecule has 11 rings (SSSR count). The van der Waals surface area contributed by atoms with E-state index in [1.165, 1.54) is 77.9 Å². The minimum atomic E-state index is -0.402. The zero-order valence-electron chi connectivity index (χ0n) is 30.8. The lowest BCUT2D eigenvalue weighted by Gasteiger charge is -2.31. The summed E-state index contributed by atoms with van der Waals surface area (Å²) in [5.74, 6) is 0. The summed E-state index contributed by atoms with van der Waals surface area (Å²) in [5, 5.41) is 0. The molecular formula is C55H37N. The van der Waals surface area contributed by atoms with E-state index in [2.05, 4.69) is 229 Å². The average Bonchev–Trinajstić information content (AvgIpc) is 3.75. The van der Waals surface area contributed by atoms with Crippen LogP contribution in [0.25, 0.3) is 55.6 Å². The lowest BCUT2D eigenvalue weighted by Crippen LogP contribution is -2.25. The molecule has 0 amide bonds. The number of fused-ring (bicyclic) bond motifs is 10. The van der Waals surface area contributed by atoms with Crippen molar-refractivity contribution in [3.05, 3.63) is 247 Å². The van der Waals surface area contributed by atoms with Crippen LogP contribution in [-0.2, 0) is 5.41 Å². The van der Waals surface area contributed by atoms with Gasteiger partial charge in [0, 0.05) is 16.9 Å². The van der Waals surface area contributed by atoms with Gasteiger partial charge in [0.25, 0.3) is 0 Å². The smallest absolute Gasteiger partial charge is 0.0725 e. The first-order valence-electron chi connectivity index (χ1n) is 19.4. The van der Waals surface area contributed by atoms with Gasteiger partial charge in [-0.05, 0) is 103 Å². The number of benzene rings is 9. The fourth-order valence-electron chi connectivity index (χ4n) is 9.58. The number of para-hydroxylation sites is 1. The maximum absolute atomic E-state index is 2.44. The minimum Gasteiger partial charge on any atom is -0.310 e. The van der Waals surface area contributed by atoms with Gasteiger partial charge in [0.1, 0.15) is 0 Å². The molecule has 262 valence electrons. The van der Waals surface area contributed by atoms with E-state index in [1.807, 2.05) is 0 Å². The predicted molar refractivity (Wildman–Crippen MR) is 234 cm³/mol. The Morgan fingerprint density at radius 1 is 0.268 bits per heavy atom. The van der Waals surface area contributed by atoms with Gasteiger partial charge in [0.15, 0.2) is 0 Å². The van der Waals surface area contributed by atoms with E-state index in [4.69, 9.17) is 0 Å². The zero-order valence-corrected chi connectivity index (χ0v) is 30.8. The van der Waals surface area contributed by atoms with Gasteiger partial charge in [-0.15, -0.1) is 0 Å². The minimum absolute atomic E-state index is 0.402. The van der Waals surface area contributed by atoms with E-state index >= 15 is 0 Å². The van der Waals surface area contributed by atoms with Crippen molar-refractivity contribution in [3.63, 3.8) is 0 Å². The summed E-state index contributed by atoms with van der Waals surface area (Å²) in [5.41, 5.74) is 20.8. The van der Waals surface area contributed by atoms with Gasteiger partial charge in [0.05, 0.1) is 11.1 Å². The summed E-state index contributed by atoms with van der Waals surface area (Å²) in [7, 11) is 0. The molecule has 1 spiro atoms. The van der Waals surface area contributed by atoms with Crippen LogP contribution in [0, 0.1) is 0 Å². The lowest BCUT2D eigenvalue weighted by atomic mass is 9.70. The second-order valence-corrected chi connectivity index (χ2v) is 14.8. The molecule has 1 heteroatoms. The van der Waals surface area contributed by atoms with E-state index in [-0.39, 0.29) is 0 Å². The van der Waals surface area contributed by atoms with E-state index in [9.17, 15) is 0 Å². The Hall–Kier alpha value is -7.22. The van der Waals surface area contributed by atoms with Crippen molar-refractivity contribution >= 4 is 17.1 Å². The molecule has 0 heterocycles. The molecule has 0 aliphatic heterocycles. The molecule has 0 saturated heterocycles. The number of anilines is 3. The third-order valence-electron chi connectivity index (χ3n) is 11.9. The van der Waals surface area contributed by atoms with Crippen LogP contribution in [0.2, 0.25) is 0 Å². The molecule has 56 heavy (non-hydrogen) atoms. The van der Waals surface area contributed by atoms with Crippen molar-refractivity contribution in [2.24, 2.45) is 0 Å². The van der Waals surface area contributed by atoms with Gasteiger partial charge in [0.2, 0.25) is 0 Å². The summed E-state index contributed by atoms with van der Waals surface area (Å²) in [6.45, 7) is 0. The second-order valence-electron chi connectivity index (χ2n) is 14.8. The molecule has 0 radical (unpaired) electrons. The largest absolute Gasteiger partial charge is 0.310 e. The zero-order chi connectivity index (χ0) is 37.1. The summed E-state index contributed by atoms with van der Waals surface area (Å²) in [4.78, 5) is 2.44. The third-order valence-corrected chi connectivity index (χ3v) is 11.9. The monoisotopic (exact) mass is 711 g/mol. The van der Waals surface area contributed by atoms with Crippen LogP contribution in [0.4, 0.5) is 17.1 Å². The molecule has 0 aromatic heterocycles. The number of nitrogens with zero attached hydrogens (tertiary/aromatic N) is 1. The molecule has 2 aliphatic rings. The van der Waals surface area contributed by atoms with Gasteiger partial charge in [-0.25, -0.2) is 0 Å². The Bertz CT molecular complexity index is 2860. The van der Waals surface area contributed by atoms with E-state index in [0.29, 0.717) is 0 Å². The first-order chi connectivity index (χ1) is 27.8. The van der Waals surface area contributed by atoms with Crippen LogP contribution in [0.5, 0.6) is 0 Å². The standard InChI is InChI=1S/C55H37N/c1-3-17-38(18-4-1)40-33-35-42(36-34-40)56(43-22-15-21-41(37-43)39-19-5-2-6-20-39)53-32-14-10-25-46(53)47-27-16-31-52-54(47)48-26-9-13-30-51(48)55(52)49-28-11-7-23-44(49)45-24-8-12-29-50(45)55/h1-37H. The summed E-state index contributed by atoms with van der Waals surface area (Å²) >= 11 is 0. The van der Waals surface area contributed by atoms with Crippen molar-refractivity contribution < 1.29 is 0 Å². The molecule has 0 bridgehead atoms. The molecular weight excluding hydrogens is 675 g/mol. The number of rotatable bonds is 6. The van der Waals surface area contributed by atoms with Crippen LogP contribution >= 0.6 is 0 Å². The highest BCUT2D eigenvalue weighted by Crippen LogP contribution is 2.64. The first kappa shape index (κ1) is 32.2. The van der Waals surface area contributed by atoms with Crippen molar-refractivity contribution in [1.82, 2.24) is 0 Å².